The van der Waals surface area contributed by atoms with Gasteiger partial charge in [-0.25, -0.2) is 0 Å². The largest absolute Gasteiger partial charge is 0.491 e. The molecule has 0 radical (unpaired) electrons. The smallest absolute Gasteiger partial charge is 0.119 e. The van der Waals surface area contributed by atoms with E-state index in [1.165, 1.54) is 18.4 Å². The summed E-state index contributed by atoms with van der Waals surface area (Å²) in [6, 6.07) is 8.82. The molecule has 2 heteroatoms. The summed E-state index contributed by atoms with van der Waals surface area (Å²) in [7, 11) is 0. The average Bonchev–Trinajstić information content (AvgIpc) is 2.80. The molecule has 0 aromatic heterocycles. The van der Waals surface area contributed by atoms with E-state index in [2.05, 4.69) is 29.6 Å². The van der Waals surface area contributed by atoms with Gasteiger partial charge in [0, 0.05) is 6.04 Å². The Balaban J connectivity index is 1.93. The van der Waals surface area contributed by atoms with Crippen LogP contribution in [0.15, 0.2) is 30.3 Å². The van der Waals surface area contributed by atoms with Gasteiger partial charge >= 0.3 is 0 Å². The predicted molar refractivity (Wildman–Crippen MR) is 72.3 cm³/mol. The standard InChI is InChI=1S/C15H21NO/c1-12(2)17-15-9-6-13(7-10-15)5-8-14-4-3-11-16-14/h5-10,12,14,16H,3-4,11H2,1-2H3/b8-5+. The first-order valence-corrected chi connectivity index (χ1v) is 6.42. The predicted octanol–water partition coefficient (Wildman–Crippen LogP) is 3.24. The summed E-state index contributed by atoms with van der Waals surface area (Å²) < 4.78 is 5.61. The number of rotatable bonds is 4. The van der Waals surface area contributed by atoms with Crippen LogP contribution in [-0.4, -0.2) is 18.7 Å². The molecule has 0 amide bonds. The number of benzene rings is 1. The third-order valence-electron chi connectivity index (χ3n) is 2.87. The van der Waals surface area contributed by atoms with E-state index in [1.807, 2.05) is 26.0 Å². The van der Waals surface area contributed by atoms with Crippen LogP contribution in [0.5, 0.6) is 5.75 Å². The molecule has 0 aliphatic carbocycles. The SMILES string of the molecule is CC(C)Oc1ccc(/C=C/C2CCCN2)cc1. The van der Waals surface area contributed by atoms with Gasteiger partial charge in [-0.2, -0.15) is 0 Å². The number of nitrogens with one attached hydrogen (secondary N) is 1. The zero-order valence-electron chi connectivity index (χ0n) is 10.6. The van der Waals surface area contributed by atoms with E-state index < -0.39 is 0 Å². The third-order valence-corrected chi connectivity index (χ3v) is 2.87. The Kier molecular flexibility index (Phi) is 4.21. The lowest BCUT2D eigenvalue weighted by molar-refractivity contribution is 0.242. The highest BCUT2D eigenvalue weighted by atomic mass is 16.5. The molecular formula is C15H21NO. The molecular weight excluding hydrogens is 210 g/mol. The first-order valence-electron chi connectivity index (χ1n) is 6.42. The van der Waals surface area contributed by atoms with Gasteiger partial charge in [0.1, 0.15) is 5.75 Å². The molecule has 1 aliphatic rings. The van der Waals surface area contributed by atoms with Crippen LogP contribution >= 0.6 is 0 Å². The van der Waals surface area contributed by atoms with Crippen molar-refractivity contribution >= 4 is 6.08 Å². The molecule has 1 N–H and O–H groups in total. The Morgan fingerprint density at radius 1 is 1.29 bits per heavy atom. The van der Waals surface area contributed by atoms with E-state index in [1.54, 1.807) is 0 Å². The number of hydrogen-bond donors (Lipinski definition) is 1. The van der Waals surface area contributed by atoms with Crippen LogP contribution in [0.3, 0.4) is 0 Å². The molecule has 2 rings (SSSR count). The van der Waals surface area contributed by atoms with Crippen LogP contribution < -0.4 is 10.1 Å². The number of hydrogen-bond acceptors (Lipinski definition) is 2. The maximum absolute atomic E-state index is 5.61. The van der Waals surface area contributed by atoms with E-state index in [4.69, 9.17) is 4.74 Å². The van der Waals surface area contributed by atoms with Gasteiger partial charge in [0.15, 0.2) is 0 Å². The monoisotopic (exact) mass is 231 g/mol. The summed E-state index contributed by atoms with van der Waals surface area (Å²) in [6.07, 6.45) is 7.22. The quantitative estimate of drug-likeness (QED) is 0.859. The normalized spacial score (nSPS) is 20.3. The zero-order chi connectivity index (χ0) is 12.1. The van der Waals surface area contributed by atoms with Crippen molar-refractivity contribution in [3.05, 3.63) is 35.9 Å². The van der Waals surface area contributed by atoms with Gasteiger partial charge in [-0.3, -0.25) is 0 Å². The molecule has 0 spiro atoms. The van der Waals surface area contributed by atoms with Crippen molar-refractivity contribution < 1.29 is 4.74 Å². The first-order chi connectivity index (χ1) is 8.24. The fourth-order valence-corrected chi connectivity index (χ4v) is 2.03. The molecule has 1 heterocycles. The zero-order valence-corrected chi connectivity index (χ0v) is 10.6. The molecule has 1 atom stereocenters. The van der Waals surface area contributed by atoms with Crippen molar-refractivity contribution in [2.24, 2.45) is 0 Å². The Morgan fingerprint density at radius 2 is 2.06 bits per heavy atom. The lowest BCUT2D eigenvalue weighted by Gasteiger charge is -2.09. The highest BCUT2D eigenvalue weighted by Crippen LogP contribution is 2.15. The second-order valence-electron chi connectivity index (χ2n) is 4.80. The molecule has 1 unspecified atom stereocenters. The summed E-state index contributed by atoms with van der Waals surface area (Å²) in [5.41, 5.74) is 1.23. The van der Waals surface area contributed by atoms with Gasteiger partial charge < -0.3 is 10.1 Å². The van der Waals surface area contributed by atoms with Crippen molar-refractivity contribution in [2.45, 2.75) is 38.8 Å². The molecule has 1 aromatic carbocycles. The lowest BCUT2D eigenvalue weighted by Crippen LogP contribution is -2.17. The third kappa shape index (κ3) is 3.90. The van der Waals surface area contributed by atoms with Crippen LogP contribution in [0.4, 0.5) is 0 Å². The molecule has 1 aliphatic heterocycles. The van der Waals surface area contributed by atoms with Gasteiger partial charge in [0.05, 0.1) is 6.10 Å². The number of ether oxygens (including phenoxy) is 1. The molecule has 92 valence electrons. The Hall–Kier alpha value is -1.28. The van der Waals surface area contributed by atoms with Crippen molar-refractivity contribution in [2.75, 3.05) is 6.54 Å². The molecule has 0 saturated carbocycles. The minimum atomic E-state index is 0.235. The van der Waals surface area contributed by atoms with E-state index in [9.17, 15) is 0 Å². The molecule has 2 nitrogen and oxygen atoms in total. The Morgan fingerprint density at radius 3 is 2.65 bits per heavy atom. The first kappa shape index (κ1) is 12.2. The second kappa shape index (κ2) is 5.87. The van der Waals surface area contributed by atoms with Crippen LogP contribution in [0.1, 0.15) is 32.3 Å². The highest BCUT2D eigenvalue weighted by molar-refractivity contribution is 5.51. The maximum atomic E-state index is 5.61. The van der Waals surface area contributed by atoms with E-state index in [0.717, 1.165) is 12.3 Å². The van der Waals surface area contributed by atoms with Gasteiger partial charge in [-0.05, 0) is 50.9 Å². The van der Waals surface area contributed by atoms with Crippen molar-refractivity contribution in [1.82, 2.24) is 5.32 Å². The molecule has 1 aromatic rings. The van der Waals surface area contributed by atoms with Gasteiger partial charge in [-0.1, -0.05) is 24.3 Å². The van der Waals surface area contributed by atoms with Gasteiger partial charge in [-0.15, -0.1) is 0 Å². The van der Waals surface area contributed by atoms with E-state index >= 15 is 0 Å². The van der Waals surface area contributed by atoms with Gasteiger partial charge in [0.25, 0.3) is 0 Å². The summed E-state index contributed by atoms with van der Waals surface area (Å²) in [6.45, 7) is 5.23. The summed E-state index contributed by atoms with van der Waals surface area (Å²) >= 11 is 0. The van der Waals surface area contributed by atoms with E-state index in [0.29, 0.717) is 6.04 Å². The van der Waals surface area contributed by atoms with Crippen LogP contribution in [0, 0.1) is 0 Å². The lowest BCUT2D eigenvalue weighted by atomic mass is 10.1. The molecule has 1 saturated heterocycles. The molecule has 17 heavy (non-hydrogen) atoms. The van der Waals surface area contributed by atoms with Crippen LogP contribution in [-0.2, 0) is 0 Å². The van der Waals surface area contributed by atoms with Crippen molar-refractivity contribution in [1.29, 1.82) is 0 Å². The molecule has 1 fully saturated rings. The van der Waals surface area contributed by atoms with Crippen LogP contribution in [0.2, 0.25) is 0 Å². The van der Waals surface area contributed by atoms with Crippen LogP contribution in [0.25, 0.3) is 6.08 Å². The summed E-state index contributed by atoms with van der Waals surface area (Å²) in [5, 5.41) is 3.45. The topological polar surface area (TPSA) is 21.3 Å². The fourth-order valence-electron chi connectivity index (χ4n) is 2.03. The minimum Gasteiger partial charge on any atom is -0.491 e. The Bertz CT molecular complexity index is 361. The van der Waals surface area contributed by atoms with Crippen molar-refractivity contribution in [3.8, 4) is 5.75 Å². The van der Waals surface area contributed by atoms with E-state index in [-0.39, 0.29) is 6.10 Å². The average molecular weight is 231 g/mol. The summed E-state index contributed by atoms with van der Waals surface area (Å²) in [4.78, 5) is 0. The maximum Gasteiger partial charge on any atom is 0.119 e. The Labute approximate surface area is 104 Å². The minimum absolute atomic E-state index is 0.235. The fraction of sp³-hybridized carbons (Fsp3) is 0.467. The second-order valence-corrected chi connectivity index (χ2v) is 4.80. The summed E-state index contributed by atoms with van der Waals surface area (Å²) in [5.74, 6) is 0.941. The van der Waals surface area contributed by atoms with Crippen molar-refractivity contribution in [3.63, 3.8) is 0 Å². The highest BCUT2D eigenvalue weighted by Gasteiger charge is 2.09. The molecule has 0 bridgehead atoms. The van der Waals surface area contributed by atoms with Gasteiger partial charge in [0.2, 0.25) is 0 Å².